The molecule has 0 saturated carbocycles. The van der Waals surface area contributed by atoms with Crippen LogP contribution in [0.5, 0.6) is 0 Å². The van der Waals surface area contributed by atoms with E-state index >= 15 is 0 Å². The molecule has 0 aliphatic heterocycles. The Morgan fingerprint density at radius 2 is 1.94 bits per heavy atom. The summed E-state index contributed by atoms with van der Waals surface area (Å²) >= 11 is 7.03. The number of hydrogen-bond donors (Lipinski definition) is 2. The van der Waals surface area contributed by atoms with Gasteiger partial charge in [0.15, 0.2) is 5.16 Å². The summed E-state index contributed by atoms with van der Waals surface area (Å²) in [7, 11) is 0. The lowest BCUT2D eigenvalue weighted by Gasteiger charge is -2.09. The molecule has 0 spiro atoms. The Morgan fingerprint density at radius 3 is 2.62 bits per heavy atom. The van der Waals surface area contributed by atoms with Crippen LogP contribution in [0.15, 0.2) is 58.5 Å². The van der Waals surface area contributed by atoms with Gasteiger partial charge >= 0.3 is 5.97 Å². The second-order valence-corrected chi connectivity index (χ2v) is 8.28. The number of hydrogen-bond acceptors (Lipinski definition) is 6. The number of aryl methyl sites for hydroxylation is 1. The van der Waals surface area contributed by atoms with E-state index in [0.717, 1.165) is 17.3 Å². The van der Waals surface area contributed by atoms with E-state index < -0.39 is 5.97 Å². The highest BCUT2D eigenvalue weighted by Crippen LogP contribution is 2.17. The molecule has 0 unspecified atom stereocenters. The minimum absolute atomic E-state index is 0.0442. The van der Waals surface area contributed by atoms with Crippen molar-refractivity contribution in [2.45, 2.75) is 25.4 Å². The zero-order valence-corrected chi connectivity index (χ0v) is 19.2. The van der Waals surface area contributed by atoms with Crippen LogP contribution in [0.3, 0.4) is 0 Å². The second-order valence-electron chi connectivity index (χ2n) is 6.88. The minimum Gasteiger partial charge on any atom is -0.462 e. The van der Waals surface area contributed by atoms with E-state index in [2.05, 4.69) is 15.3 Å². The van der Waals surface area contributed by atoms with E-state index in [1.807, 2.05) is 12.1 Å². The van der Waals surface area contributed by atoms with Crippen molar-refractivity contribution in [1.29, 1.82) is 0 Å². The molecule has 0 atom stereocenters. The van der Waals surface area contributed by atoms with Crippen LogP contribution in [-0.2, 0) is 16.0 Å². The van der Waals surface area contributed by atoms with Crippen molar-refractivity contribution in [2.75, 3.05) is 17.7 Å². The molecule has 0 fully saturated rings. The average Bonchev–Trinajstić information content (AvgIpc) is 2.76. The van der Waals surface area contributed by atoms with Gasteiger partial charge in [-0.05, 0) is 49.7 Å². The summed E-state index contributed by atoms with van der Waals surface area (Å²) in [6, 6.07) is 13.8. The quantitative estimate of drug-likeness (QED) is 0.289. The fraction of sp³-hybridized carbons (Fsp3) is 0.217. The molecule has 166 valence electrons. The number of carbonyl (C=O) groups excluding carboxylic acids is 2. The van der Waals surface area contributed by atoms with Crippen LogP contribution < -0.4 is 10.9 Å². The molecule has 7 nitrogen and oxygen atoms in total. The number of rotatable bonds is 8. The standard InChI is InChI=1S/C23H22ClN3O4S/c1-3-31-22(30)16-5-4-6-18(12-16)26-20(28)13-32-23-25-14(2)19(21(29)27-23)11-15-7-9-17(24)10-8-15/h4-10,12H,3,11,13H2,1-2H3,(H,26,28)(H,25,27,29). The number of halogens is 1. The number of ether oxygens (including phenoxy) is 1. The number of benzene rings is 2. The van der Waals surface area contributed by atoms with Gasteiger partial charge in [0.2, 0.25) is 5.91 Å². The summed E-state index contributed by atoms with van der Waals surface area (Å²) in [6.45, 7) is 3.77. The molecule has 0 radical (unpaired) electrons. The first-order valence-electron chi connectivity index (χ1n) is 9.89. The molecule has 2 N–H and O–H groups in total. The highest BCUT2D eigenvalue weighted by molar-refractivity contribution is 7.99. The van der Waals surface area contributed by atoms with E-state index in [1.54, 1.807) is 50.2 Å². The molecule has 0 saturated heterocycles. The lowest BCUT2D eigenvalue weighted by atomic mass is 10.1. The third kappa shape index (κ3) is 6.45. The highest BCUT2D eigenvalue weighted by atomic mass is 35.5. The van der Waals surface area contributed by atoms with Crippen molar-refractivity contribution in [2.24, 2.45) is 0 Å². The zero-order valence-electron chi connectivity index (χ0n) is 17.6. The summed E-state index contributed by atoms with van der Waals surface area (Å²) in [5.41, 5.74) is 2.73. The summed E-state index contributed by atoms with van der Waals surface area (Å²) in [5.74, 6) is -0.696. The van der Waals surface area contributed by atoms with Gasteiger partial charge in [-0.15, -0.1) is 0 Å². The molecule has 9 heteroatoms. The van der Waals surface area contributed by atoms with Crippen molar-refractivity contribution in [3.05, 3.63) is 86.3 Å². The maximum atomic E-state index is 12.5. The van der Waals surface area contributed by atoms with Gasteiger partial charge in [0.05, 0.1) is 17.9 Å². The van der Waals surface area contributed by atoms with E-state index in [1.165, 1.54) is 0 Å². The number of anilines is 1. The number of aromatic nitrogens is 2. The smallest absolute Gasteiger partial charge is 0.338 e. The van der Waals surface area contributed by atoms with Crippen LogP contribution in [-0.4, -0.2) is 34.2 Å². The second kappa shape index (κ2) is 11.0. The van der Waals surface area contributed by atoms with Crippen LogP contribution in [0.4, 0.5) is 5.69 Å². The van der Waals surface area contributed by atoms with E-state index in [-0.39, 0.29) is 23.8 Å². The lowest BCUT2D eigenvalue weighted by molar-refractivity contribution is -0.113. The van der Waals surface area contributed by atoms with Gasteiger partial charge in [0.1, 0.15) is 0 Å². The molecule has 32 heavy (non-hydrogen) atoms. The van der Waals surface area contributed by atoms with Crippen LogP contribution in [0.2, 0.25) is 5.02 Å². The van der Waals surface area contributed by atoms with Gasteiger partial charge in [-0.1, -0.05) is 41.6 Å². The molecular formula is C23H22ClN3O4S. The monoisotopic (exact) mass is 471 g/mol. The first-order chi connectivity index (χ1) is 15.4. The first-order valence-corrected chi connectivity index (χ1v) is 11.3. The number of esters is 1. The van der Waals surface area contributed by atoms with Crippen molar-refractivity contribution >= 4 is 40.9 Å². The van der Waals surface area contributed by atoms with E-state index in [9.17, 15) is 14.4 Å². The maximum Gasteiger partial charge on any atom is 0.338 e. The van der Waals surface area contributed by atoms with Gasteiger partial charge in [-0.2, -0.15) is 0 Å². The fourth-order valence-corrected chi connectivity index (χ4v) is 3.77. The Bertz CT molecular complexity index is 1180. The molecular weight excluding hydrogens is 450 g/mol. The lowest BCUT2D eigenvalue weighted by Crippen LogP contribution is -2.19. The van der Waals surface area contributed by atoms with Gasteiger partial charge in [0, 0.05) is 28.4 Å². The van der Waals surface area contributed by atoms with Crippen molar-refractivity contribution in [3.8, 4) is 0 Å². The molecule has 0 aliphatic carbocycles. The number of H-pyrrole nitrogens is 1. The van der Waals surface area contributed by atoms with Gasteiger partial charge in [-0.25, -0.2) is 9.78 Å². The largest absolute Gasteiger partial charge is 0.462 e. The SMILES string of the molecule is CCOC(=O)c1cccc(NC(=O)CSc2nc(C)c(Cc3ccc(Cl)cc3)c(=O)[nH]2)c1. The Balaban J connectivity index is 1.61. The van der Waals surface area contributed by atoms with Crippen LogP contribution in [0, 0.1) is 6.92 Å². The van der Waals surface area contributed by atoms with Crippen LogP contribution in [0.1, 0.15) is 34.1 Å². The van der Waals surface area contributed by atoms with Crippen molar-refractivity contribution in [1.82, 2.24) is 9.97 Å². The summed E-state index contributed by atoms with van der Waals surface area (Å²) in [4.78, 5) is 43.8. The van der Waals surface area contributed by atoms with Gasteiger partial charge in [-0.3, -0.25) is 9.59 Å². The Kier molecular flexibility index (Phi) is 8.08. The van der Waals surface area contributed by atoms with E-state index in [0.29, 0.717) is 39.1 Å². The normalized spacial score (nSPS) is 10.6. The highest BCUT2D eigenvalue weighted by Gasteiger charge is 2.12. The molecule has 1 amide bonds. The van der Waals surface area contributed by atoms with Crippen LogP contribution in [0.25, 0.3) is 0 Å². The van der Waals surface area contributed by atoms with Crippen molar-refractivity contribution in [3.63, 3.8) is 0 Å². The minimum atomic E-state index is -0.450. The van der Waals surface area contributed by atoms with Crippen molar-refractivity contribution < 1.29 is 14.3 Å². The fourth-order valence-electron chi connectivity index (χ4n) is 2.94. The number of thioether (sulfide) groups is 1. The zero-order chi connectivity index (χ0) is 23.1. The summed E-state index contributed by atoms with van der Waals surface area (Å²) in [6.07, 6.45) is 0.438. The molecule has 0 bridgehead atoms. The summed E-state index contributed by atoms with van der Waals surface area (Å²) in [5, 5.41) is 3.73. The first kappa shape index (κ1) is 23.6. The van der Waals surface area contributed by atoms with Crippen LogP contribution >= 0.6 is 23.4 Å². The Labute approximate surface area is 194 Å². The van der Waals surface area contributed by atoms with E-state index in [4.69, 9.17) is 16.3 Å². The number of amides is 1. The average molecular weight is 472 g/mol. The topological polar surface area (TPSA) is 101 Å². The molecule has 1 heterocycles. The molecule has 2 aromatic carbocycles. The number of nitrogens with zero attached hydrogens (tertiary/aromatic N) is 1. The predicted molar refractivity (Wildman–Crippen MR) is 126 cm³/mol. The molecule has 3 rings (SSSR count). The van der Waals surface area contributed by atoms with Gasteiger partial charge in [0.25, 0.3) is 5.56 Å². The Hall–Kier alpha value is -3.10. The maximum absolute atomic E-state index is 12.5. The number of carbonyl (C=O) groups is 2. The summed E-state index contributed by atoms with van der Waals surface area (Å²) < 4.78 is 4.96. The molecule has 0 aliphatic rings. The predicted octanol–water partition coefficient (Wildman–Crippen LogP) is 4.23. The molecule has 3 aromatic rings. The van der Waals surface area contributed by atoms with Gasteiger partial charge < -0.3 is 15.0 Å². The molecule has 1 aromatic heterocycles. The third-order valence-corrected chi connectivity index (χ3v) is 5.62. The third-order valence-electron chi connectivity index (χ3n) is 4.49. The number of nitrogens with one attached hydrogen (secondary N) is 2. The Morgan fingerprint density at radius 1 is 1.19 bits per heavy atom. The number of aromatic amines is 1.